The molecule has 3 aromatic heterocycles. The molecule has 0 fully saturated rings. The summed E-state index contributed by atoms with van der Waals surface area (Å²) in [5.41, 5.74) is 2.63. The van der Waals surface area contributed by atoms with Gasteiger partial charge in [-0.05, 0) is 61.7 Å². The standard InChI is InChI=1S/C24H21F3N6O/c1-14-12-32(13-28-14)20-7-5-16(29-24(20)34-2)6-8-21-30-23-17(4-3-9-33(23)31-21)15-10-18(25)22(27)19(26)11-15/h5-8,10-13,17H,3-4,9H2,1-2H3/t17-/m1/s1. The summed E-state index contributed by atoms with van der Waals surface area (Å²) in [4.78, 5) is 13.3. The van der Waals surface area contributed by atoms with Gasteiger partial charge in [0.2, 0.25) is 5.88 Å². The Morgan fingerprint density at radius 1 is 1.09 bits per heavy atom. The topological polar surface area (TPSA) is 70.7 Å². The van der Waals surface area contributed by atoms with Gasteiger partial charge in [0.1, 0.15) is 11.5 Å². The lowest BCUT2D eigenvalue weighted by atomic mass is 9.91. The van der Waals surface area contributed by atoms with Crippen molar-refractivity contribution in [3.05, 3.63) is 82.8 Å². The fraction of sp³-hybridized carbons (Fsp3) is 0.250. The molecule has 174 valence electrons. The van der Waals surface area contributed by atoms with Crippen LogP contribution in [0.2, 0.25) is 0 Å². The lowest BCUT2D eigenvalue weighted by Gasteiger charge is -2.22. The van der Waals surface area contributed by atoms with E-state index in [9.17, 15) is 13.2 Å². The number of ether oxygens (including phenoxy) is 1. The summed E-state index contributed by atoms with van der Waals surface area (Å²) in [6, 6.07) is 5.78. The molecule has 0 amide bonds. The van der Waals surface area contributed by atoms with Crippen molar-refractivity contribution in [3.8, 4) is 11.6 Å². The van der Waals surface area contributed by atoms with Crippen molar-refractivity contribution in [1.82, 2.24) is 29.3 Å². The third kappa shape index (κ3) is 4.07. The fourth-order valence-corrected chi connectivity index (χ4v) is 4.13. The van der Waals surface area contributed by atoms with E-state index < -0.39 is 17.5 Å². The predicted molar refractivity (Wildman–Crippen MR) is 119 cm³/mol. The summed E-state index contributed by atoms with van der Waals surface area (Å²) in [6.07, 6.45) is 8.46. The third-order valence-corrected chi connectivity index (χ3v) is 5.75. The fourth-order valence-electron chi connectivity index (χ4n) is 4.13. The van der Waals surface area contributed by atoms with Gasteiger partial charge in [-0.2, -0.15) is 5.10 Å². The van der Waals surface area contributed by atoms with Crippen molar-refractivity contribution in [2.75, 3.05) is 7.11 Å². The SMILES string of the molecule is COc1nc(C=Cc2nc3n(n2)CCC[C@@H]3c2cc(F)c(F)c(F)c2)ccc1-n1cnc(C)c1. The Bertz CT molecular complexity index is 1370. The number of hydrogen-bond acceptors (Lipinski definition) is 5. The molecule has 34 heavy (non-hydrogen) atoms. The highest BCUT2D eigenvalue weighted by atomic mass is 19.2. The monoisotopic (exact) mass is 466 g/mol. The first-order valence-electron chi connectivity index (χ1n) is 10.8. The second-order valence-corrected chi connectivity index (χ2v) is 8.06. The van der Waals surface area contributed by atoms with Gasteiger partial charge in [0.05, 0.1) is 24.8 Å². The zero-order valence-electron chi connectivity index (χ0n) is 18.5. The van der Waals surface area contributed by atoms with Crippen molar-refractivity contribution in [2.24, 2.45) is 0 Å². The molecule has 5 rings (SSSR count). The molecular weight excluding hydrogens is 445 g/mol. The van der Waals surface area contributed by atoms with Crippen LogP contribution in [0.5, 0.6) is 5.88 Å². The van der Waals surface area contributed by atoms with Gasteiger partial charge in [-0.15, -0.1) is 0 Å². The van der Waals surface area contributed by atoms with Gasteiger partial charge in [0.25, 0.3) is 0 Å². The number of nitrogens with zero attached hydrogens (tertiary/aromatic N) is 6. The van der Waals surface area contributed by atoms with E-state index >= 15 is 0 Å². The molecule has 0 unspecified atom stereocenters. The first kappa shape index (κ1) is 21.9. The second kappa shape index (κ2) is 8.77. The van der Waals surface area contributed by atoms with Crippen LogP contribution in [-0.4, -0.2) is 36.4 Å². The molecule has 7 nitrogen and oxygen atoms in total. The maximum Gasteiger partial charge on any atom is 0.238 e. The Morgan fingerprint density at radius 2 is 1.88 bits per heavy atom. The van der Waals surface area contributed by atoms with E-state index in [0.717, 1.165) is 29.9 Å². The molecule has 1 atom stereocenters. The number of pyridine rings is 1. The quantitative estimate of drug-likeness (QED) is 0.399. The largest absolute Gasteiger partial charge is 0.479 e. The number of halogens is 3. The maximum absolute atomic E-state index is 13.8. The molecule has 1 aliphatic rings. The number of hydrogen-bond donors (Lipinski definition) is 0. The molecule has 0 N–H and O–H groups in total. The number of aryl methyl sites for hydroxylation is 2. The number of benzene rings is 1. The molecule has 1 aromatic carbocycles. The summed E-state index contributed by atoms with van der Waals surface area (Å²) in [5.74, 6) is -2.78. The number of aromatic nitrogens is 6. The molecule has 0 saturated carbocycles. The summed E-state index contributed by atoms with van der Waals surface area (Å²) in [5, 5.41) is 4.50. The van der Waals surface area contributed by atoms with E-state index in [1.165, 1.54) is 0 Å². The average molecular weight is 466 g/mol. The third-order valence-electron chi connectivity index (χ3n) is 5.75. The van der Waals surface area contributed by atoms with E-state index in [2.05, 4.69) is 20.1 Å². The van der Waals surface area contributed by atoms with Gasteiger partial charge in [-0.3, -0.25) is 0 Å². The molecule has 10 heteroatoms. The highest BCUT2D eigenvalue weighted by Gasteiger charge is 2.27. The van der Waals surface area contributed by atoms with Crippen LogP contribution in [-0.2, 0) is 6.54 Å². The lowest BCUT2D eigenvalue weighted by Crippen LogP contribution is -2.18. The second-order valence-electron chi connectivity index (χ2n) is 8.06. The molecule has 0 bridgehead atoms. The molecule has 4 heterocycles. The first-order chi connectivity index (χ1) is 16.4. The molecule has 4 aromatic rings. The highest BCUT2D eigenvalue weighted by molar-refractivity contribution is 5.65. The van der Waals surface area contributed by atoms with Crippen molar-refractivity contribution >= 4 is 12.2 Å². The van der Waals surface area contributed by atoms with Crippen molar-refractivity contribution in [1.29, 1.82) is 0 Å². The molecule has 0 radical (unpaired) electrons. The summed E-state index contributed by atoms with van der Waals surface area (Å²) < 4.78 is 50.0. The number of rotatable bonds is 5. The smallest absolute Gasteiger partial charge is 0.238 e. The van der Waals surface area contributed by atoms with E-state index in [0.29, 0.717) is 41.8 Å². The van der Waals surface area contributed by atoms with Crippen LogP contribution in [0.1, 0.15) is 47.4 Å². The van der Waals surface area contributed by atoms with Crippen LogP contribution < -0.4 is 4.74 Å². The Morgan fingerprint density at radius 3 is 2.59 bits per heavy atom. The maximum atomic E-state index is 13.8. The van der Waals surface area contributed by atoms with Gasteiger partial charge in [-0.1, -0.05) is 0 Å². The summed E-state index contributed by atoms with van der Waals surface area (Å²) >= 11 is 0. The lowest BCUT2D eigenvalue weighted by molar-refractivity contribution is 0.395. The van der Waals surface area contributed by atoms with E-state index in [1.807, 2.05) is 29.8 Å². The zero-order valence-corrected chi connectivity index (χ0v) is 18.5. The van der Waals surface area contributed by atoms with Crippen LogP contribution >= 0.6 is 0 Å². The minimum absolute atomic E-state index is 0.344. The molecule has 0 aliphatic carbocycles. The van der Waals surface area contributed by atoms with Gasteiger partial charge in [0.15, 0.2) is 23.3 Å². The van der Waals surface area contributed by atoms with Gasteiger partial charge in [-0.25, -0.2) is 32.8 Å². The van der Waals surface area contributed by atoms with E-state index in [-0.39, 0.29) is 5.92 Å². The Labute approximate surface area is 193 Å². The molecule has 0 saturated heterocycles. The van der Waals surface area contributed by atoms with Crippen molar-refractivity contribution < 1.29 is 17.9 Å². The van der Waals surface area contributed by atoms with E-state index in [1.54, 1.807) is 30.3 Å². The van der Waals surface area contributed by atoms with Crippen LogP contribution in [0.3, 0.4) is 0 Å². The molecule has 0 spiro atoms. The first-order valence-corrected chi connectivity index (χ1v) is 10.8. The number of methoxy groups -OCH3 is 1. The Kier molecular flexibility index (Phi) is 5.64. The Balaban J connectivity index is 1.42. The zero-order chi connectivity index (χ0) is 23.8. The summed E-state index contributed by atoms with van der Waals surface area (Å²) in [7, 11) is 1.55. The van der Waals surface area contributed by atoms with Crippen molar-refractivity contribution in [3.63, 3.8) is 0 Å². The normalized spacial score (nSPS) is 15.6. The molecule has 1 aliphatic heterocycles. The van der Waals surface area contributed by atoms with Gasteiger partial charge < -0.3 is 9.30 Å². The van der Waals surface area contributed by atoms with Crippen molar-refractivity contribution in [2.45, 2.75) is 32.2 Å². The van der Waals surface area contributed by atoms with Crippen LogP contribution in [0, 0.1) is 24.4 Å². The average Bonchev–Trinajstić information content (AvgIpc) is 3.46. The minimum atomic E-state index is -1.47. The van der Waals surface area contributed by atoms with Crippen LogP contribution in [0.15, 0.2) is 36.8 Å². The van der Waals surface area contributed by atoms with Crippen LogP contribution in [0.25, 0.3) is 17.8 Å². The summed E-state index contributed by atoms with van der Waals surface area (Å²) in [6.45, 7) is 2.54. The molecular formula is C24H21F3N6O. The van der Waals surface area contributed by atoms with Crippen LogP contribution in [0.4, 0.5) is 13.2 Å². The van der Waals surface area contributed by atoms with E-state index in [4.69, 9.17) is 4.74 Å². The minimum Gasteiger partial charge on any atom is -0.479 e. The highest BCUT2D eigenvalue weighted by Crippen LogP contribution is 2.33. The predicted octanol–water partition coefficient (Wildman–Crippen LogP) is 4.69. The number of imidazole rings is 1. The Hall–Kier alpha value is -3.95. The van der Waals surface area contributed by atoms with Gasteiger partial charge in [0, 0.05) is 18.7 Å². The van der Waals surface area contributed by atoms with Gasteiger partial charge >= 0.3 is 0 Å². The number of fused-ring (bicyclic) bond motifs is 1.